The molecule has 20 heavy (non-hydrogen) atoms. The normalized spacial score (nSPS) is 10.1. The van der Waals surface area contributed by atoms with Crippen molar-refractivity contribution in [1.82, 2.24) is 0 Å². The zero-order chi connectivity index (χ0) is 14.4. The molecule has 0 saturated heterocycles. The van der Waals surface area contributed by atoms with Gasteiger partial charge in [0.25, 0.3) is 0 Å². The molecule has 0 heterocycles. The maximum absolute atomic E-state index is 8.88. The van der Waals surface area contributed by atoms with Crippen LogP contribution in [0.2, 0.25) is 5.02 Å². The number of nitrogens with zero attached hydrogens (tertiary/aromatic N) is 1. The van der Waals surface area contributed by atoms with E-state index in [9.17, 15) is 0 Å². The number of hydrogen-bond donors (Lipinski definition) is 1. The number of ether oxygens (including phenoxy) is 1. The highest BCUT2D eigenvalue weighted by Gasteiger charge is 2.08. The highest BCUT2D eigenvalue weighted by Crippen LogP contribution is 2.29. The first-order chi connectivity index (χ1) is 9.74. The predicted molar refractivity (Wildman–Crippen MR) is 79.7 cm³/mol. The first-order valence-electron chi connectivity index (χ1n) is 6.34. The molecule has 0 aliphatic rings. The zero-order valence-corrected chi connectivity index (χ0v) is 11.7. The van der Waals surface area contributed by atoms with Crippen molar-refractivity contribution in [2.24, 2.45) is 5.73 Å². The Balaban J connectivity index is 2.16. The molecule has 0 bridgehead atoms. The lowest BCUT2D eigenvalue weighted by Gasteiger charge is -2.13. The standard InChI is InChI=1S/C16H15ClN2O/c17-15-6-2-5-14(7-8-18)16(15)20-11-13-4-1-3-12(9-13)10-19/h1-6,9H,7-8,11,18H2. The molecule has 0 aliphatic heterocycles. The fraction of sp³-hybridized carbons (Fsp3) is 0.188. The second-order valence-corrected chi connectivity index (χ2v) is 4.77. The summed E-state index contributed by atoms with van der Waals surface area (Å²) in [6.07, 6.45) is 0.716. The van der Waals surface area contributed by atoms with E-state index in [2.05, 4.69) is 6.07 Å². The van der Waals surface area contributed by atoms with Gasteiger partial charge in [-0.2, -0.15) is 5.26 Å². The Morgan fingerprint density at radius 2 is 2.00 bits per heavy atom. The smallest absolute Gasteiger partial charge is 0.141 e. The van der Waals surface area contributed by atoms with Crippen LogP contribution in [0.5, 0.6) is 5.75 Å². The van der Waals surface area contributed by atoms with Gasteiger partial charge in [-0.1, -0.05) is 35.9 Å². The first-order valence-corrected chi connectivity index (χ1v) is 6.71. The number of benzene rings is 2. The SMILES string of the molecule is N#Cc1cccc(COc2c(Cl)cccc2CCN)c1. The quantitative estimate of drug-likeness (QED) is 0.917. The highest BCUT2D eigenvalue weighted by molar-refractivity contribution is 6.32. The van der Waals surface area contributed by atoms with Crippen molar-refractivity contribution in [3.8, 4) is 11.8 Å². The third-order valence-electron chi connectivity index (χ3n) is 2.90. The van der Waals surface area contributed by atoms with Crippen LogP contribution in [0.4, 0.5) is 0 Å². The van der Waals surface area contributed by atoms with E-state index >= 15 is 0 Å². The van der Waals surface area contributed by atoms with Crippen LogP contribution in [0.3, 0.4) is 0 Å². The topological polar surface area (TPSA) is 59.0 Å². The minimum Gasteiger partial charge on any atom is -0.487 e. The van der Waals surface area contributed by atoms with Gasteiger partial charge in [-0.05, 0) is 42.3 Å². The van der Waals surface area contributed by atoms with Gasteiger partial charge in [0.2, 0.25) is 0 Å². The van der Waals surface area contributed by atoms with Crippen molar-refractivity contribution in [3.05, 3.63) is 64.2 Å². The van der Waals surface area contributed by atoms with Crippen LogP contribution in [-0.4, -0.2) is 6.54 Å². The molecule has 0 aromatic heterocycles. The Morgan fingerprint density at radius 1 is 1.20 bits per heavy atom. The van der Waals surface area contributed by atoms with Crippen molar-refractivity contribution < 1.29 is 4.74 Å². The average Bonchev–Trinajstić information content (AvgIpc) is 2.47. The minimum atomic E-state index is 0.372. The maximum Gasteiger partial charge on any atom is 0.141 e. The summed E-state index contributed by atoms with van der Waals surface area (Å²) in [4.78, 5) is 0. The minimum absolute atomic E-state index is 0.372. The van der Waals surface area contributed by atoms with E-state index in [1.165, 1.54) is 0 Å². The maximum atomic E-state index is 8.88. The molecule has 2 aromatic rings. The van der Waals surface area contributed by atoms with Crippen molar-refractivity contribution >= 4 is 11.6 Å². The van der Waals surface area contributed by atoms with Crippen LogP contribution in [0.15, 0.2) is 42.5 Å². The second kappa shape index (κ2) is 6.95. The van der Waals surface area contributed by atoms with Crippen LogP contribution >= 0.6 is 11.6 Å². The molecule has 2 aromatic carbocycles. The monoisotopic (exact) mass is 286 g/mol. The van der Waals surface area contributed by atoms with Gasteiger partial charge in [0.05, 0.1) is 16.7 Å². The molecule has 0 atom stereocenters. The molecular formula is C16H15ClN2O. The number of para-hydroxylation sites is 1. The molecule has 4 heteroatoms. The van der Waals surface area contributed by atoms with Gasteiger partial charge in [0.15, 0.2) is 0 Å². The van der Waals surface area contributed by atoms with E-state index in [1.54, 1.807) is 18.2 Å². The number of nitriles is 1. The molecule has 0 spiro atoms. The number of nitrogens with two attached hydrogens (primary N) is 1. The van der Waals surface area contributed by atoms with E-state index in [4.69, 9.17) is 27.3 Å². The largest absolute Gasteiger partial charge is 0.487 e. The Hall–Kier alpha value is -2.02. The zero-order valence-electron chi connectivity index (χ0n) is 11.0. The molecule has 0 unspecified atom stereocenters. The van der Waals surface area contributed by atoms with Crippen LogP contribution in [0.1, 0.15) is 16.7 Å². The van der Waals surface area contributed by atoms with Gasteiger partial charge in [0, 0.05) is 0 Å². The summed E-state index contributed by atoms with van der Waals surface area (Å²) < 4.78 is 5.81. The molecule has 2 rings (SSSR count). The Bertz CT molecular complexity index is 635. The van der Waals surface area contributed by atoms with Crippen LogP contribution in [0.25, 0.3) is 0 Å². The van der Waals surface area contributed by atoms with Crippen molar-refractivity contribution in [2.75, 3.05) is 6.54 Å². The molecule has 0 amide bonds. The second-order valence-electron chi connectivity index (χ2n) is 4.37. The van der Waals surface area contributed by atoms with Crippen molar-refractivity contribution in [2.45, 2.75) is 13.0 Å². The molecule has 102 valence electrons. The summed E-state index contributed by atoms with van der Waals surface area (Å²) in [5, 5.41) is 9.46. The lowest BCUT2D eigenvalue weighted by Crippen LogP contribution is -2.06. The summed E-state index contributed by atoms with van der Waals surface area (Å²) in [7, 11) is 0. The lowest BCUT2D eigenvalue weighted by molar-refractivity contribution is 0.303. The van der Waals surface area contributed by atoms with Crippen LogP contribution in [0, 0.1) is 11.3 Å². The average molecular weight is 287 g/mol. The van der Waals surface area contributed by atoms with Crippen molar-refractivity contribution in [3.63, 3.8) is 0 Å². The fourth-order valence-electron chi connectivity index (χ4n) is 1.95. The van der Waals surface area contributed by atoms with E-state index < -0.39 is 0 Å². The Morgan fingerprint density at radius 3 is 2.75 bits per heavy atom. The van der Waals surface area contributed by atoms with Gasteiger partial charge in [-0.15, -0.1) is 0 Å². The highest BCUT2D eigenvalue weighted by atomic mass is 35.5. The molecule has 0 aliphatic carbocycles. The van der Waals surface area contributed by atoms with E-state index in [-0.39, 0.29) is 0 Å². The third kappa shape index (κ3) is 3.51. The third-order valence-corrected chi connectivity index (χ3v) is 3.20. The Kier molecular flexibility index (Phi) is 5.00. The molecule has 0 radical (unpaired) electrons. The number of halogens is 1. The number of rotatable bonds is 5. The summed E-state index contributed by atoms with van der Waals surface area (Å²) in [6.45, 7) is 0.914. The molecule has 0 saturated carbocycles. The summed E-state index contributed by atoms with van der Waals surface area (Å²) in [6, 6.07) is 15.1. The van der Waals surface area contributed by atoms with Gasteiger partial charge in [-0.3, -0.25) is 0 Å². The van der Waals surface area contributed by atoms with Crippen molar-refractivity contribution in [1.29, 1.82) is 5.26 Å². The predicted octanol–water partition coefficient (Wildman–Crippen LogP) is 3.29. The van der Waals surface area contributed by atoms with Gasteiger partial charge < -0.3 is 10.5 Å². The number of hydrogen-bond acceptors (Lipinski definition) is 3. The lowest BCUT2D eigenvalue weighted by atomic mass is 10.1. The van der Waals surface area contributed by atoms with Gasteiger partial charge >= 0.3 is 0 Å². The van der Waals surface area contributed by atoms with E-state index in [0.717, 1.165) is 11.1 Å². The van der Waals surface area contributed by atoms with E-state index in [0.29, 0.717) is 35.9 Å². The van der Waals surface area contributed by atoms with Crippen LogP contribution < -0.4 is 10.5 Å². The molecule has 2 N–H and O–H groups in total. The van der Waals surface area contributed by atoms with Gasteiger partial charge in [-0.25, -0.2) is 0 Å². The molecular weight excluding hydrogens is 272 g/mol. The summed E-state index contributed by atoms with van der Waals surface area (Å²) in [5.41, 5.74) is 8.14. The van der Waals surface area contributed by atoms with Gasteiger partial charge in [0.1, 0.15) is 12.4 Å². The van der Waals surface area contributed by atoms with Crippen LogP contribution in [-0.2, 0) is 13.0 Å². The Labute approximate surface area is 123 Å². The fourth-order valence-corrected chi connectivity index (χ4v) is 2.20. The molecule has 0 fully saturated rings. The molecule has 3 nitrogen and oxygen atoms in total. The summed E-state index contributed by atoms with van der Waals surface area (Å²) in [5.74, 6) is 0.668. The summed E-state index contributed by atoms with van der Waals surface area (Å²) >= 11 is 6.17. The first kappa shape index (κ1) is 14.4. The van der Waals surface area contributed by atoms with E-state index in [1.807, 2.05) is 24.3 Å².